The minimum absolute atomic E-state index is 0.0612. The second-order valence-corrected chi connectivity index (χ2v) is 6.53. The van der Waals surface area contributed by atoms with Gasteiger partial charge in [0, 0.05) is 32.5 Å². The molecule has 1 atom stereocenters. The molecule has 1 fully saturated rings. The number of nitrogens with one attached hydrogen (secondary N) is 1. The van der Waals surface area contributed by atoms with Gasteiger partial charge < -0.3 is 15.3 Å². The van der Waals surface area contributed by atoms with Crippen LogP contribution in [0.2, 0.25) is 0 Å². The number of hydrogen-bond acceptors (Lipinski definition) is 3. The van der Waals surface area contributed by atoms with Crippen molar-refractivity contribution in [3.05, 3.63) is 35.4 Å². The van der Waals surface area contributed by atoms with E-state index in [1.807, 2.05) is 36.1 Å². The second kappa shape index (κ2) is 9.42. The van der Waals surface area contributed by atoms with E-state index in [-0.39, 0.29) is 31.2 Å². The molecular weight excluding hydrogens is 304 g/mol. The maximum absolute atomic E-state index is 12.1. The highest BCUT2D eigenvalue weighted by Gasteiger charge is 2.17. The molecule has 1 aromatic carbocycles. The van der Waals surface area contributed by atoms with Gasteiger partial charge >= 0.3 is 0 Å². The lowest BCUT2D eigenvalue weighted by Crippen LogP contribution is -2.34. The van der Waals surface area contributed by atoms with Crippen molar-refractivity contribution in [2.75, 3.05) is 19.6 Å². The topological polar surface area (TPSA) is 69.6 Å². The molecule has 0 aromatic heterocycles. The molecule has 1 aliphatic rings. The SMILES string of the molecule is Cc1ccc([C@H](O)CNC(=O)CCC(=O)N2CCCCCC2)cc1. The minimum Gasteiger partial charge on any atom is -0.387 e. The van der Waals surface area contributed by atoms with E-state index in [0.29, 0.717) is 0 Å². The van der Waals surface area contributed by atoms with E-state index in [2.05, 4.69) is 5.32 Å². The number of nitrogens with zero attached hydrogens (tertiary/aromatic N) is 1. The number of hydrogen-bond donors (Lipinski definition) is 2. The third-order valence-corrected chi connectivity index (χ3v) is 4.48. The molecule has 0 saturated carbocycles. The van der Waals surface area contributed by atoms with Gasteiger partial charge in [-0.05, 0) is 25.3 Å². The molecule has 5 heteroatoms. The first-order valence-corrected chi connectivity index (χ1v) is 8.85. The van der Waals surface area contributed by atoms with Crippen LogP contribution in [-0.4, -0.2) is 41.5 Å². The molecule has 132 valence electrons. The zero-order valence-corrected chi connectivity index (χ0v) is 14.5. The van der Waals surface area contributed by atoms with E-state index in [0.717, 1.165) is 37.1 Å². The summed E-state index contributed by atoms with van der Waals surface area (Å²) in [5.41, 5.74) is 1.91. The van der Waals surface area contributed by atoms with Crippen molar-refractivity contribution in [3.8, 4) is 0 Å². The van der Waals surface area contributed by atoms with Crippen LogP contribution < -0.4 is 5.32 Å². The predicted octanol–water partition coefficient (Wildman–Crippen LogP) is 2.33. The molecule has 2 N–H and O–H groups in total. The summed E-state index contributed by atoms with van der Waals surface area (Å²) in [4.78, 5) is 25.9. The van der Waals surface area contributed by atoms with Crippen LogP contribution >= 0.6 is 0 Å². The van der Waals surface area contributed by atoms with Crippen LogP contribution in [0.4, 0.5) is 0 Å². The van der Waals surface area contributed by atoms with Gasteiger partial charge in [-0.3, -0.25) is 9.59 Å². The van der Waals surface area contributed by atoms with Gasteiger partial charge in [0.15, 0.2) is 0 Å². The second-order valence-electron chi connectivity index (χ2n) is 6.53. The molecular formula is C19H28N2O3. The molecule has 2 amide bonds. The molecule has 0 bridgehead atoms. The Hall–Kier alpha value is -1.88. The lowest BCUT2D eigenvalue weighted by Gasteiger charge is -2.20. The quantitative estimate of drug-likeness (QED) is 0.840. The highest BCUT2D eigenvalue weighted by atomic mass is 16.3. The van der Waals surface area contributed by atoms with Crippen LogP contribution in [0.15, 0.2) is 24.3 Å². The Kier molecular flexibility index (Phi) is 7.25. The smallest absolute Gasteiger partial charge is 0.223 e. The number of aliphatic hydroxyl groups excluding tert-OH is 1. The number of aryl methyl sites for hydroxylation is 1. The summed E-state index contributed by atoms with van der Waals surface area (Å²) in [6.45, 7) is 3.78. The zero-order chi connectivity index (χ0) is 17.4. The molecule has 5 nitrogen and oxygen atoms in total. The number of benzene rings is 1. The van der Waals surface area contributed by atoms with Crippen LogP contribution in [0, 0.1) is 6.92 Å². The first kappa shape index (κ1) is 18.5. The normalized spacial score (nSPS) is 16.3. The number of likely N-dealkylation sites (tertiary alicyclic amines) is 1. The highest BCUT2D eigenvalue weighted by molar-refractivity contribution is 5.83. The van der Waals surface area contributed by atoms with Gasteiger partial charge in [-0.25, -0.2) is 0 Å². The van der Waals surface area contributed by atoms with Crippen molar-refractivity contribution < 1.29 is 14.7 Å². The van der Waals surface area contributed by atoms with E-state index in [1.165, 1.54) is 12.8 Å². The van der Waals surface area contributed by atoms with E-state index in [1.54, 1.807) is 0 Å². The average Bonchev–Trinajstić information content (AvgIpc) is 2.87. The molecule has 1 aliphatic heterocycles. The Morgan fingerprint density at radius 2 is 1.71 bits per heavy atom. The summed E-state index contributed by atoms with van der Waals surface area (Å²) in [6, 6.07) is 7.57. The number of aliphatic hydroxyl groups is 1. The highest BCUT2D eigenvalue weighted by Crippen LogP contribution is 2.13. The fourth-order valence-corrected chi connectivity index (χ4v) is 2.90. The zero-order valence-electron chi connectivity index (χ0n) is 14.5. The summed E-state index contributed by atoms with van der Waals surface area (Å²) in [6.07, 6.45) is 4.17. The summed E-state index contributed by atoms with van der Waals surface area (Å²) < 4.78 is 0. The Morgan fingerprint density at radius 3 is 2.33 bits per heavy atom. The molecule has 0 radical (unpaired) electrons. The Labute approximate surface area is 144 Å². The van der Waals surface area contributed by atoms with E-state index < -0.39 is 6.10 Å². The van der Waals surface area contributed by atoms with E-state index in [4.69, 9.17) is 0 Å². The van der Waals surface area contributed by atoms with Crippen molar-refractivity contribution in [1.82, 2.24) is 10.2 Å². The van der Waals surface area contributed by atoms with Crippen LogP contribution in [0.25, 0.3) is 0 Å². The largest absolute Gasteiger partial charge is 0.387 e. The van der Waals surface area contributed by atoms with Gasteiger partial charge in [-0.15, -0.1) is 0 Å². The van der Waals surface area contributed by atoms with Crippen LogP contribution in [0.5, 0.6) is 0 Å². The first-order valence-electron chi connectivity index (χ1n) is 8.85. The summed E-state index contributed by atoms with van der Waals surface area (Å²) in [7, 11) is 0. The Morgan fingerprint density at radius 1 is 1.08 bits per heavy atom. The molecule has 2 rings (SSSR count). The Balaban J connectivity index is 1.69. The maximum atomic E-state index is 12.1. The van der Waals surface area contributed by atoms with Crippen LogP contribution in [0.3, 0.4) is 0 Å². The average molecular weight is 332 g/mol. The van der Waals surface area contributed by atoms with Gasteiger partial charge in [0.1, 0.15) is 0 Å². The monoisotopic (exact) mass is 332 g/mol. The maximum Gasteiger partial charge on any atom is 0.223 e. The van der Waals surface area contributed by atoms with Crippen LogP contribution in [-0.2, 0) is 9.59 Å². The van der Waals surface area contributed by atoms with Crippen molar-refractivity contribution in [1.29, 1.82) is 0 Å². The van der Waals surface area contributed by atoms with Gasteiger partial charge in [0.2, 0.25) is 11.8 Å². The van der Waals surface area contributed by atoms with Gasteiger partial charge in [0.05, 0.1) is 6.10 Å². The fourth-order valence-electron chi connectivity index (χ4n) is 2.90. The Bertz CT molecular complexity index is 534. The number of amides is 2. The summed E-state index contributed by atoms with van der Waals surface area (Å²) in [5.74, 6) is -0.129. The molecule has 1 heterocycles. The van der Waals surface area contributed by atoms with Crippen molar-refractivity contribution in [2.24, 2.45) is 0 Å². The van der Waals surface area contributed by atoms with Gasteiger partial charge in [-0.2, -0.15) is 0 Å². The van der Waals surface area contributed by atoms with Gasteiger partial charge in [-0.1, -0.05) is 42.7 Å². The van der Waals surface area contributed by atoms with Gasteiger partial charge in [0.25, 0.3) is 0 Å². The van der Waals surface area contributed by atoms with Crippen LogP contribution in [0.1, 0.15) is 55.8 Å². The third-order valence-electron chi connectivity index (χ3n) is 4.48. The van der Waals surface area contributed by atoms with Crippen molar-refractivity contribution in [3.63, 3.8) is 0 Å². The standard InChI is InChI=1S/C19H28N2O3/c1-15-6-8-16(9-7-15)17(22)14-20-18(23)10-11-19(24)21-12-4-2-3-5-13-21/h6-9,17,22H,2-5,10-14H2,1H3,(H,20,23)/t17-/m1/s1. The minimum atomic E-state index is -0.726. The molecule has 0 aliphatic carbocycles. The molecule has 0 unspecified atom stereocenters. The van der Waals surface area contributed by atoms with Crippen molar-refractivity contribution in [2.45, 2.75) is 51.6 Å². The molecule has 1 saturated heterocycles. The number of rotatable bonds is 6. The third kappa shape index (κ3) is 5.96. The van der Waals surface area contributed by atoms with Crippen molar-refractivity contribution >= 4 is 11.8 Å². The number of carbonyl (C=O) groups excluding carboxylic acids is 2. The lowest BCUT2D eigenvalue weighted by atomic mass is 10.1. The molecule has 1 aromatic rings. The summed E-state index contributed by atoms with van der Waals surface area (Å²) in [5, 5.41) is 12.8. The molecule has 24 heavy (non-hydrogen) atoms. The summed E-state index contributed by atoms with van der Waals surface area (Å²) >= 11 is 0. The fraction of sp³-hybridized carbons (Fsp3) is 0.579. The lowest BCUT2D eigenvalue weighted by molar-refractivity contribution is -0.133. The molecule has 0 spiro atoms. The van der Waals surface area contributed by atoms with E-state index >= 15 is 0 Å². The van der Waals surface area contributed by atoms with E-state index in [9.17, 15) is 14.7 Å². The predicted molar refractivity (Wildman–Crippen MR) is 93.4 cm³/mol. The number of carbonyl (C=O) groups is 2. The first-order chi connectivity index (χ1) is 11.6.